The number of nitrogens with one attached hydrogen (secondary N) is 1. The Morgan fingerprint density at radius 2 is 2.10 bits per heavy atom. The second-order valence-corrected chi connectivity index (χ2v) is 6.50. The Kier molecular flexibility index (Phi) is 6.21. The fourth-order valence-electron chi connectivity index (χ4n) is 2.54. The molecule has 1 aliphatic carbocycles. The minimum absolute atomic E-state index is 0.0730. The quantitative estimate of drug-likeness (QED) is 0.799. The molecule has 1 fully saturated rings. The van der Waals surface area contributed by atoms with Crippen molar-refractivity contribution in [2.75, 3.05) is 13.2 Å². The number of nitrogens with two attached hydrogens (primary N) is 1. The monoisotopic (exact) mass is 354 g/mol. The maximum absolute atomic E-state index is 12.1. The van der Waals surface area contributed by atoms with Gasteiger partial charge >= 0.3 is 0 Å². The van der Waals surface area contributed by atoms with E-state index in [1.807, 2.05) is 25.1 Å². The summed E-state index contributed by atoms with van der Waals surface area (Å²) in [5.41, 5.74) is 7.64. The second-order valence-electron chi connectivity index (χ2n) is 5.65. The van der Waals surface area contributed by atoms with Crippen LogP contribution in [0.5, 0.6) is 0 Å². The summed E-state index contributed by atoms with van der Waals surface area (Å²) in [7, 11) is 0. The fraction of sp³-hybridized carbons (Fsp3) is 0.562. The van der Waals surface area contributed by atoms with E-state index in [1.165, 1.54) is 0 Å². The van der Waals surface area contributed by atoms with Gasteiger partial charge in [0, 0.05) is 17.1 Å². The van der Waals surface area contributed by atoms with E-state index in [1.54, 1.807) is 0 Å². The summed E-state index contributed by atoms with van der Waals surface area (Å²) in [6.07, 6.45) is 4.42. The minimum Gasteiger partial charge on any atom is -0.376 e. The zero-order valence-corrected chi connectivity index (χ0v) is 14.0. The van der Waals surface area contributed by atoms with Gasteiger partial charge in [-0.05, 0) is 66.2 Å². The first kappa shape index (κ1) is 16.5. The zero-order chi connectivity index (χ0) is 15.2. The van der Waals surface area contributed by atoms with Crippen molar-refractivity contribution in [1.29, 1.82) is 0 Å². The van der Waals surface area contributed by atoms with E-state index in [0.717, 1.165) is 35.7 Å². The van der Waals surface area contributed by atoms with Crippen molar-refractivity contribution in [2.45, 2.75) is 44.8 Å². The summed E-state index contributed by atoms with van der Waals surface area (Å²) < 4.78 is 6.61. The smallest absolute Gasteiger partial charge is 0.252 e. The number of rotatable bonds is 5. The van der Waals surface area contributed by atoms with E-state index in [9.17, 15) is 4.79 Å². The Bertz CT molecular complexity index is 485. The minimum atomic E-state index is -0.0730. The van der Waals surface area contributed by atoms with Crippen LogP contribution < -0.4 is 11.1 Å². The molecule has 116 valence electrons. The van der Waals surface area contributed by atoms with Gasteiger partial charge in [0.25, 0.3) is 5.91 Å². The molecular formula is C16H23BrN2O2. The van der Waals surface area contributed by atoms with Crippen molar-refractivity contribution in [2.24, 2.45) is 5.73 Å². The van der Waals surface area contributed by atoms with Crippen LogP contribution in [0.25, 0.3) is 0 Å². The van der Waals surface area contributed by atoms with Crippen LogP contribution in [0.3, 0.4) is 0 Å². The van der Waals surface area contributed by atoms with Gasteiger partial charge in [-0.2, -0.15) is 0 Å². The van der Waals surface area contributed by atoms with E-state index in [4.69, 9.17) is 10.5 Å². The maximum atomic E-state index is 12.1. The normalized spacial score (nSPS) is 22.0. The highest BCUT2D eigenvalue weighted by Crippen LogP contribution is 2.20. The Hall–Kier alpha value is -0.910. The van der Waals surface area contributed by atoms with Gasteiger partial charge in [0.15, 0.2) is 0 Å². The molecule has 21 heavy (non-hydrogen) atoms. The average molecular weight is 355 g/mol. The third kappa shape index (κ3) is 5.09. The highest BCUT2D eigenvalue weighted by atomic mass is 79.9. The van der Waals surface area contributed by atoms with Crippen LogP contribution in [0.4, 0.5) is 0 Å². The Balaban J connectivity index is 1.69. The van der Waals surface area contributed by atoms with E-state index in [2.05, 4.69) is 21.2 Å². The maximum Gasteiger partial charge on any atom is 0.252 e. The Morgan fingerprint density at radius 1 is 1.38 bits per heavy atom. The topological polar surface area (TPSA) is 64.3 Å². The van der Waals surface area contributed by atoms with Crippen molar-refractivity contribution in [3.05, 3.63) is 33.8 Å². The second kappa shape index (κ2) is 7.92. The van der Waals surface area contributed by atoms with Crippen molar-refractivity contribution in [3.63, 3.8) is 0 Å². The highest BCUT2D eigenvalue weighted by molar-refractivity contribution is 9.10. The van der Waals surface area contributed by atoms with E-state index < -0.39 is 0 Å². The lowest BCUT2D eigenvalue weighted by Crippen LogP contribution is -2.33. The summed E-state index contributed by atoms with van der Waals surface area (Å²) >= 11 is 3.42. The summed E-state index contributed by atoms with van der Waals surface area (Å²) in [5.74, 6) is -0.0730. The molecule has 1 amide bonds. The number of amides is 1. The predicted molar refractivity (Wildman–Crippen MR) is 87.4 cm³/mol. The largest absolute Gasteiger partial charge is 0.376 e. The molecule has 0 spiro atoms. The van der Waals surface area contributed by atoms with Gasteiger partial charge in [0.05, 0.1) is 18.3 Å². The summed E-state index contributed by atoms with van der Waals surface area (Å²) in [5, 5.41) is 2.89. The van der Waals surface area contributed by atoms with Crippen LogP contribution in [-0.4, -0.2) is 31.2 Å². The Labute approximate surface area is 134 Å². The number of carbonyl (C=O) groups is 1. The summed E-state index contributed by atoms with van der Waals surface area (Å²) in [6, 6.07) is 6.04. The molecule has 0 aromatic heterocycles. The number of hydrogen-bond donors (Lipinski definition) is 2. The van der Waals surface area contributed by atoms with Gasteiger partial charge in [0.2, 0.25) is 0 Å². The average Bonchev–Trinajstić information content (AvgIpc) is 2.45. The molecular weight excluding hydrogens is 332 g/mol. The van der Waals surface area contributed by atoms with Gasteiger partial charge in [0.1, 0.15) is 0 Å². The molecule has 1 aromatic rings. The molecule has 5 heteroatoms. The lowest BCUT2D eigenvalue weighted by Gasteiger charge is -2.26. The van der Waals surface area contributed by atoms with Gasteiger partial charge in [-0.3, -0.25) is 4.79 Å². The van der Waals surface area contributed by atoms with E-state index in [0.29, 0.717) is 30.9 Å². The zero-order valence-electron chi connectivity index (χ0n) is 12.4. The van der Waals surface area contributed by atoms with Crippen LogP contribution in [0.2, 0.25) is 0 Å². The molecule has 1 saturated carbocycles. The first-order valence-electron chi connectivity index (χ1n) is 7.48. The van der Waals surface area contributed by atoms with E-state index >= 15 is 0 Å². The lowest BCUT2D eigenvalue weighted by molar-refractivity contribution is 0.0267. The first-order chi connectivity index (χ1) is 10.1. The molecule has 0 saturated heterocycles. The summed E-state index contributed by atoms with van der Waals surface area (Å²) in [6.45, 7) is 3.08. The molecule has 4 nitrogen and oxygen atoms in total. The lowest BCUT2D eigenvalue weighted by atomic mass is 9.94. The number of benzene rings is 1. The Morgan fingerprint density at radius 3 is 2.76 bits per heavy atom. The molecule has 0 atom stereocenters. The van der Waals surface area contributed by atoms with Gasteiger partial charge in [-0.25, -0.2) is 0 Å². The molecule has 0 unspecified atom stereocenters. The SMILES string of the molecule is Cc1ccc(C(=O)NCCOC2CCC(N)CC2)c(Br)c1. The van der Waals surface area contributed by atoms with Crippen molar-refractivity contribution < 1.29 is 9.53 Å². The molecule has 3 N–H and O–H groups in total. The third-order valence-corrected chi connectivity index (χ3v) is 4.49. The number of hydrogen-bond acceptors (Lipinski definition) is 3. The van der Waals surface area contributed by atoms with Crippen LogP contribution in [0.15, 0.2) is 22.7 Å². The molecule has 0 radical (unpaired) electrons. The van der Waals surface area contributed by atoms with Crippen LogP contribution >= 0.6 is 15.9 Å². The van der Waals surface area contributed by atoms with Crippen molar-refractivity contribution in [3.8, 4) is 0 Å². The number of aryl methyl sites for hydroxylation is 1. The van der Waals surface area contributed by atoms with Gasteiger partial charge in [-0.15, -0.1) is 0 Å². The fourth-order valence-corrected chi connectivity index (χ4v) is 3.22. The number of carbonyl (C=O) groups excluding carboxylic acids is 1. The molecule has 0 heterocycles. The van der Waals surface area contributed by atoms with Crippen LogP contribution in [0.1, 0.15) is 41.6 Å². The standard InChI is InChI=1S/C16H23BrN2O2/c1-11-2-7-14(15(17)10-11)16(20)19-8-9-21-13-5-3-12(18)4-6-13/h2,7,10,12-13H,3-6,8-9,18H2,1H3,(H,19,20). The number of ether oxygens (including phenoxy) is 1. The van der Waals surface area contributed by atoms with Crippen LogP contribution in [0, 0.1) is 6.92 Å². The molecule has 0 aliphatic heterocycles. The first-order valence-corrected chi connectivity index (χ1v) is 8.27. The van der Waals surface area contributed by atoms with Crippen molar-refractivity contribution in [1.82, 2.24) is 5.32 Å². The van der Waals surface area contributed by atoms with Crippen LogP contribution in [-0.2, 0) is 4.74 Å². The van der Waals surface area contributed by atoms with E-state index in [-0.39, 0.29) is 5.91 Å². The molecule has 0 bridgehead atoms. The van der Waals surface area contributed by atoms with Gasteiger partial charge in [-0.1, -0.05) is 6.07 Å². The number of halogens is 1. The molecule has 1 aliphatic rings. The highest BCUT2D eigenvalue weighted by Gasteiger charge is 2.18. The molecule has 2 rings (SSSR count). The van der Waals surface area contributed by atoms with Crippen molar-refractivity contribution >= 4 is 21.8 Å². The third-order valence-electron chi connectivity index (χ3n) is 3.83. The molecule has 1 aromatic carbocycles. The van der Waals surface area contributed by atoms with Gasteiger partial charge < -0.3 is 15.8 Å². The summed E-state index contributed by atoms with van der Waals surface area (Å²) in [4.78, 5) is 12.1. The predicted octanol–water partition coefficient (Wildman–Crippen LogP) is 2.77.